The molecule has 0 saturated heterocycles. The average molecular weight is 299 g/mol. The van der Waals surface area contributed by atoms with Crippen LogP contribution in [-0.2, 0) is 20.4 Å². The van der Waals surface area contributed by atoms with Crippen LogP contribution in [0.3, 0.4) is 0 Å². The molecular formula is C14H21NO4S. The average Bonchev–Trinajstić information content (AvgIpc) is 2.37. The highest BCUT2D eigenvalue weighted by Crippen LogP contribution is 2.22. The van der Waals surface area contributed by atoms with Crippen LogP contribution in [0.25, 0.3) is 0 Å². The van der Waals surface area contributed by atoms with E-state index in [1.54, 1.807) is 30.3 Å². The first kappa shape index (κ1) is 16.7. The number of sulfonamides is 1. The molecule has 6 heteroatoms. The van der Waals surface area contributed by atoms with Crippen molar-refractivity contribution in [2.45, 2.75) is 32.7 Å². The van der Waals surface area contributed by atoms with Gasteiger partial charge in [-0.3, -0.25) is 0 Å². The molecule has 0 saturated carbocycles. The predicted molar refractivity (Wildman–Crippen MR) is 77.8 cm³/mol. The van der Waals surface area contributed by atoms with Gasteiger partial charge in [-0.05, 0) is 24.8 Å². The molecule has 0 aliphatic heterocycles. The van der Waals surface area contributed by atoms with Crippen molar-refractivity contribution >= 4 is 16.0 Å². The molecule has 0 aromatic heterocycles. The third kappa shape index (κ3) is 4.31. The first-order valence-electron chi connectivity index (χ1n) is 6.48. The summed E-state index contributed by atoms with van der Waals surface area (Å²) in [6, 6.07) is 8.30. The maximum atomic E-state index is 12.1. The molecular weight excluding hydrogens is 278 g/mol. The minimum atomic E-state index is -3.66. The minimum absolute atomic E-state index is 0.0830. The lowest BCUT2D eigenvalue weighted by atomic mass is 9.94. The van der Waals surface area contributed by atoms with Crippen LogP contribution < -0.4 is 4.72 Å². The number of benzene rings is 1. The van der Waals surface area contributed by atoms with Crippen molar-refractivity contribution in [1.82, 2.24) is 4.72 Å². The Balaban J connectivity index is 3.02. The topological polar surface area (TPSA) is 83.5 Å². The SMILES string of the molecule is CC(C)CCS(=O)(=O)NC(C)(C(=O)O)c1ccccc1. The molecule has 0 radical (unpaired) electrons. The van der Waals surface area contributed by atoms with Gasteiger partial charge in [-0.15, -0.1) is 0 Å². The number of carboxylic acids is 1. The summed E-state index contributed by atoms with van der Waals surface area (Å²) >= 11 is 0. The van der Waals surface area contributed by atoms with Crippen LogP contribution in [0.5, 0.6) is 0 Å². The van der Waals surface area contributed by atoms with Gasteiger partial charge in [-0.1, -0.05) is 44.2 Å². The molecule has 0 amide bonds. The molecule has 5 nitrogen and oxygen atoms in total. The molecule has 112 valence electrons. The Labute approximate surface area is 120 Å². The van der Waals surface area contributed by atoms with Crippen molar-refractivity contribution in [2.75, 3.05) is 5.75 Å². The zero-order chi connectivity index (χ0) is 15.4. The summed E-state index contributed by atoms with van der Waals surface area (Å²) in [6.07, 6.45) is 0.486. The number of hydrogen-bond acceptors (Lipinski definition) is 3. The molecule has 20 heavy (non-hydrogen) atoms. The van der Waals surface area contributed by atoms with Gasteiger partial charge in [0.15, 0.2) is 5.54 Å². The van der Waals surface area contributed by atoms with E-state index in [-0.39, 0.29) is 11.7 Å². The fraction of sp³-hybridized carbons (Fsp3) is 0.500. The van der Waals surface area contributed by atoms with Gasteiger partial charge in [0.05, 0.1) is 5.75 Å². The standard InChI is InChI=1S/C14H21NO4S/c1-11(2)9-10-20(18,19)15-14(3,13(16)17)12-7-5-4-6-8-12/h4-8,11,15H,9-10H2,1-3H3,(H,16,17). The number of rotatable bonds is 7. The minimum Gasteiger partial charge on any atom is -0.480 e. The summed E-state index contributed by atoms with van der Waals surface area (Å²) in [6.45, 7) is 5.20. The molecule has 0 fully saturated rings. The number of carbonyl (C=O) groups is 1. The van der Waals surface area contributed by atoms with E-state index in [0.717, 1.165) is 0 Å². The molecule has 0 aliphatic carbocycles. The molecule has 1 atom stereocenters. The van der Waals surface area contributed by atoms with Gasteiger partial charge < -0.3 is 5.11 Å². The van der Waals surface area contributed by atoms with Crippen molar-refractivity contribution in [3.63, 3.8) is 0 Å². The molecule has 0 aliphatic rings. The maximum Gasteiger partial charge on any atom is 0.329 e. The fourth-order valence-electron chi connectivity index (χ4n) is 1.75. The number of nitrogens with one attached hydrogen (secondary N) is 1. The Kier molecular flexibility index (Phi) is 5.30. The van der Waals surface area contributed by atoms with Crippen molar-refractivity contribution in [1.29, 1.82) is 0 Å². The highest BCUT2D eigenvalue weighted by atomic mass is 32.2. The second-order valence-electron chi connectivity index (χ2n) is 5.40. The Morgan fingerprint density at radius 1 is 1.30 bits per heavy atom. The zero-order valence-electron chi connectivity index (χ0n) is 12.0. The summed E-state index contributed by atoms with van der Waals surface area (Å²) in [5.41, 5.74) is -1.25. The summed E-state index contributed by atoms with van der Waals surface area (Å²) in [4.78, 5) is 11.5. The van der Waals surface area contributed by atoms with E-state index in [2.05, 4.69) is 4.72 Å². The van der Waals surface area contributed by atoms with Gasteiger partial charge in [0.1, 0.15) is 0 Å². The van der Waals surface area contributed by atoms with E-state index in [0.29, 0.717) is 12.0 Å². The highest BCUT2D eigenvalue weighted by Gasteiger charge is 2.38. The lowest BCUT2D eigenvalue weighted by Crippen LogP contribution is -2.50. The second kappa shape index (κ2) is 6.37. The largest absolute Gasteiger partial charge is 0.480 e. The lowest BCUT2D eigenvalue weighted by molar-refractivity contribution is -0.143. The van der Waals surface area contributed by atoms with Gasteiger partial charge in [-0.25, -0.2) is 13.2 Å². The Bertz CT molecular complexity index is 554. The summed E-state index contributed by atoms with van der Waals surface area (Å²) in [7, 11) is -3.66. The lowest BCUT2D eigenvalue weighted by Gasteiger charge is -2.26. The Morgan fingerprint density at radius 2 is 1.85 bits per heavy atom. The summed E-state index contributed by atoms with van der Waals surface area (Å²) in [5.74, 6) is -1.07. The van der Waals surface area contributed by atoms with Crippen molar-refractivity contribution in [2.24, 2.45) is 5.92 Å². The van der Waals surface area contributed by atoms with Gasteiger partial charge >= 0.3 is 5.97 Å². The zero-order valence-corrected chi connectivity index (χ0v) is 12.8. The highest BCUT2D eigenvalue weighted by molar-refractivity contribution is 7.89. The molecule has 1 aromatic rings. The van der Waals surface area contributed by atoms with E-state index in [4.69, 9.17) is 0 Å². The van der Waals surface area contributed by atoms with Crippen LogP contribution in [0.1, 0.15) is 32.8 Å². The van der Waals surface area contributed by atoms with Crippen LogP contribution in [0.4, 0.5) is 0 Å². The van der Waals surface area contributed by atoms with Gasteiger partial charge in [0.25, 0.3) is 0 Å². The Hall–Kier alpha value is -1.40. The van der Waals surface area contributed by atoms with Crippen molar-refractivity contribution < 1.29 is 18.3 Å². The second-order valence-corrected chi connectivity index (χ2v) is 7.24. The molecule has 2 N–H and O–H groups in total. The smallest absolute Gasteiger partial charge is 0.329 e. The van der Waals surface area contributed by atoms with E-state index < -0.39 is 21.5 Å². The van der Waals surface area contributed by atoms with E-state index in [9.17, 15) is 18.3 Å². The molecule has 1 unspecified atom stereocenters. The molecule has 1 rings (SSSR count). The number of hydrogen-bond donors (Lipinski definition) is 2. The third-order valence-corrected chi connectivity index (χ3v) is 4.59. The fourth-order valence-corrected chi connectivity index (χ4v) is 3.46. The first-order chi connectivity index (χ1) is 9.17. The van der Waals surface area contributed by atoms with Crippen LogP contribution >= 0.6 is 0 Å². The van der Waals surface area contributed by atoms with Crippen LogP contribution in [0.15, 0.2) is 30.3 Å². The molecule has 0 bridgehead atoms. The molecule has 0 spiro atoms. The number of carboxylic acid groups (broad SMARTS) is 1. The summed E-state index contributed by atoms with van der Waals surface area (Å²) < 4.78 is 26.4. The monoisotopic (exact) mass is 299 g/mol. The van der Waals surface area contributed by atoms with E-state index >= 15 is 0 Å². The van der Waals surface area contributed by atoms with Gasteiger partial charge in [0, 0.05) is 0 Å². The number of aliphatic carboxylic acids is 1. The van der Waals surface area contributed by atoms with Gasteiger partial charge in [-0.2, -0.15) is 4.72 Å². The van der Waals surface area contributed by atoms with E-state index in [1.165, 1.54) is 6.92 Å². The first-order valence-corrected chi connectivity index (χ1v) is 8.13. The van der Waals surface area contributed by atoms with Crippen LogP contribution in [0, 0.1) is 5.92 Å². The van der Waals surface area contributed by atoms with Crippen molar-refractivity contribution in [3.8, 4) is 0 Å². The summed E-state index contributed by atoms with van der Waals surface area (Å²) in [5, 5.41) is 9.40. The maximum absolute atomic E-state index is 12.1. The predicted octanol–water partition coefficient (Wildman–Crippen LogP) is 1.95. The molecule has 0 heterocycles. The van der Waals surface area contributed by atoms with E-state index in [1.807, 2.05) is 13.8 Å². The van der Waals surface area contributed by atoms with Crippen molar-refractivity contribution in [3.05, 3.63) is 35.9 Å². The Morgan fingerprint density at radius 3 is 2.30 bits per heavy atom. The molecule has 1 aromatic carbocycles. The third-order valence-electron chi connectivity index (χ3n) is 3.10. The van der Waals surface area contributed by atoms with Gasteiger partial charge in [0.2, 0.25) is 10.0 Å². The quantitative estimate of drug-likeness (QED) is 0.806. The van der Waals surface area contributed by atoms with Crippen LogP contribution in [0.2, 0.25) is 0 Å². The van der Waals surface area contributed by atoms with Crippen LogP contribution in [-0.4, -0.2) is 25.2 Å². The normalized spacial score (nSPS) is 15.0.